The quantitative estimate of drug-likeness (QED) is 0.653. The van der Waals surface area contributed by atoms with Crippen molar-refractivity contribution >= 4 is 0 Å². The zero-order valence-corrected chi connectivity index (χ0v) is 10.1. The van der Waals surface area contributed by atoms with Gasteiger partial charge in [-0.1, -0.05) is 6.08 Å². The number of phenolic OH excluding ortho intramolecular Hbond substituents is 1. The summed E-state index contributed by atoms with van der Waals surface area (Å²) >= 11 is 0. The molecule has 0 aliphatic rings. The van der Waals surface area contributed by atoms with E-state index in [2.05, 4.69) is 6.58 Å². The summed E-state index contributed by atoms with van der Waals surface area (Å²) in [6.07, 6.45) is 2.29. The Morgan fingerprint density at radius 1 is 1.53 bits per heavy atom. The third kappa shape index (κ3) is 3.22. The number of benzene rings is 1. The molecule has 94 valence electrons. The van der Waals surface area contributed by atoms with Crippen LogP contribution in [0.2, 0.25) is 0 Å². The van der Waals surface area contributed by atoms with Crippen molar-refractivity contribution < 1.29 is 9.84 Å². The summed E-state index contributed by atoms with van der Waals surface area (Å²) in [5.74, 6) is 0.602. The van der Waals surface area contributed by atoms with Gasteiger partial charge in [0, 0.05) is 18.2 Å². The Morgan fingerprint density at radius 3 is 2.76 bits per heavy atom. The van der Waals surface area contributed by atoms with Gasteiger partial charge in [-0.25, -0.2) is 0 Å². The Kier molecular flexibility index (Phi) is 5.00. The van der Waals surface area contributed by atoms with Crippen molar-refractivity contribution in [2.75, 3.05) is 13.2 Å². The molecule has 0 aliphatic carbocycles. The zero-order chi connectivity index (χ0) is 12.8. The van der Waals surface area contributed by atoms with Gasteiger partial charge in [0.25, 0.3) is 0 Å². The van der Waals surface area contributed by atoms with Crippen molar-refractivity contribution in [1.29, 1.82) is 0 Å². The fourth-order valence-electron chi connectivity index (χ4n) is 1.62. The van der Waals surface area contributed by atoms with E-state index in [1.165, 1.54) is 0 Å². The molecule has 0 radical (unpaired) electrons. The molecule has 0 heterocycles. The van der Waals surface area contributed by atoms with Gasteiger partial charge in [0.15, 0.2) is 11.5 Å². The van der Waals surface area contributed by atoms with Crippen molar-refractivity contribution in [1.82, 2.24) is 0 Å². The molecule has 0 saturated carbocycles. The highest BCUT2D eigenvalue weighted by atomic mass is 16.5. The predicted octanol–water partition coefficient (Wildman–Crippen LogP) is 1.48. The molecule has 1 aromatic rings. The molecule has 17 heavy (non-hydrogen) atoms. The van der Waals surface area contributed by atoms with Crippen molar-refractivity contribution in [3.63, 3.8) is 0 Å². The fourth-order valence-corrected chi connectivity index (χ4v) is 1.62. The van der Waals surface area contributed by atoms with Crippen molar-refractivity contribution in [2.24, 2.45) is 11.5 Å². The third-order valence-electron chi connectivity index (χ3n) is 2.52. The lowest BCUT2D eigenvalue weighted by atomic mass is 10.0. The number of hydrogen-bond donors (Lipinski definition) is 3. The van der Waals surface area contributed by atoms with E-state index in [1.807, 2.05) is 13.0 Å². The van der Waals surface area contributed by atoms with E-state index in [4.69, 9.17) is 16.2 Å². The first-order valence-electron chi connectivity index (χ1n) is 5.69. The van der Waals surface area contributed by atoms with Gasteiger partial charge in [-0.15, -0.1) is 6.58 Å². The first-order chi connectivity index (χ1) is 8.13. The Labute approximate surface area is 102 Å². The molecular weight excluding hydrogens is 216 g/mol. The van der Waals surface area contributed by atoms with Crippen molar-refractivity contribution in [2.45, 2.75) is 19.4 Å². The average Bonchev–Trinajstić information content (AvgIpc) is 2.33. The lowest BCUT2D eigenvalue weighted by Crippen LogP contribution is -2.21. The molecule has 4 heteroatoms. The topological polar surface area (TPSA) is 81.5 Å². The number of nitrogens with two attached hydrogens (primary N) is 2. The van der Waals surface area contributed by atoms with Crippen LogP contribution in [-0.4, -0.2) is 18.3 Å². The van der Waals surface area contributed by atoms with Crippen LogP contribution in [-0.2, 0) is 6.42 Å². The maximum absolute atomic E-state index is 9.99. The number of rotatable bonds is 6. The van der Waals surface area contributed by atoms with Gasteiger partial charge in [0.2, 0.25) is 0 Å². The minimum atomic E-state index is -0.252. The highest BCUT2D eigenvalue weighted by Crippen LogP contribution is 2.33. The monoisotopic (exact) mass is 236 g/mol. The second-order valence-electron chi connectivity index (χ2n) is 3.79. The van der Waals surface area contributed by atoms with E-state index in [0.29, 0.717) is 25.3 Å². The molecule has 0 saturated heterocycles. The average molecular weight is 236 g/mol. The third-order valence-corrected chi connectivity index (χ3v) is 2.52. The molecule has 0 aromatic heterocycles. The van der Waals surface area contributed by atoms with Gasteiger partial charge in [0.1, 0.15) is 0 Å². The normalized spacial score (nSPS) is 12.2. The van der Waals surface area contributed by atoms with Crippen LogP contribution in [0.25, 0.3) is 0 Å². The highest BCUT2D eigenvalue weighted by Gasteiger charge is 2.13. The number of allylic oxidation sites excluding steroid dienone is 1. The minimum Gasteiger partial charge on any atom is -0.504 e. The molecule has 0 fully saturated rings. The molecular formula is C13H20N2O2. The summed E-state index contributed by atoms with van der Waals surface area (Å²) in [6, 6.07) is 3.33. The number of ether oxygens (including phenoxy) is 1. The van der Waals surface area contributed by atoms with Crippen molar-refractivity contribution in [3.8, 4) is 11.5 Å². The van der Waals surface area contributed by atoms with E-state index in [0.717, 1.165) is 11.1 Å². The molecule has 0 spiro atoms. The SMILES string of the molecule is C=CCc1cc([C@@H](N)CN)cc(OCC)c1O. The van der Waals surface area contributed by atoms with Gasteiger partial charge >= 0.3 is 0 Å². The molecule has 0 unspecified atom stereocenters. The summed E-state index contributed by atoms with van der Waals surface area (Å²) in [6.45, 7) is 6.36. The second-order valence-corrected chi connectivity index (χ2v) is 3.79. The van der Waals surface area contributed by atoms with E-state index in [-0.39, 0.29) is 11.8 Å². The summed E-state index contributed by atoms with van der Waals surface area (Å²) in [7, 11) is 0. The van der Waals surface area contributed by atoms with Gasteiger partial charge in [0.05, 0.1) is 6.61 Å². The van der Waals surface area contributed by atoms with Gasteiger partial charge < -0.3 is 21.3 Å². The first-order valence-corrected chi connectivity index (χ1v) is 5.69. The Bertz CT molecular complexity index is 391. The standard InChI is InChI=1S/C13H20N2O2/c1-3-5-9-6-10(11(15)8-14)7-12(13(9)16)17-4-2/h3,6-7,11,16H,1,4-5,8,14-15H2,2H3/t11-/m0/s1. The van der Waals surface area contributed by atoms with Crippen LogP contribution in [0.5, 0.6) is 11.5 Å². The van der Waals surface area contributed by atoms with Crippen LogP contribution in [0.15, 0.2) is 24.8 Å². The Balaban J connectivity index is 3.20. The summed E-state index contributed by atoms with van der Waals surface area (Å²) in [5.41, 5.74) is 13.0. The van der Waals surface area contributed by atoms with Gasteiger partial charge in [-0.2, -0.15) is 0 Å². The summed E-state index contributed by atoms with van der Waals surface area (Å²) in [5, 5.41) is 9.99. The van der Waals surface area contributed by atoms with Gasteiger partial charge in [-0.05, 0) is 31.0 Å². The number of hydrogen-bond acceptors (Lipinski definition) is 4. The minimum absolute atomic E-state index is 0.153. The molecule has 4 nitrogen and oxygen atoms in total. The first kappa shape index (κ1) is 13.5. The highest BCUT2D eigenvalue weighted by molar-refractivity contribution is 5.50. The van der Waals surface area contributed by atoms with E-state index in [9.17, 15) is 5.11 Å². The second kappa shape index (κ2) is 6.27. The molecule has 1 atom stereocenters. The van der Waals surface area contributed by atoms with Crippen LogP contribution in [0.1, 0.15) is 24.1 Å². The van der Waals surface area contributed by atoms with Crippen LogP contribution in [0.3, 0.4) is 0 Å². The Hall–Kier alpha value is -1.52. The molecule has 0 amide bonds. The fraction of sp³-hybridized carbons (Fsp3) is 0.385. The van der Waals surface area contributed by atoms with Gasteiger partial charge in [-0.3, -0.25) is 0 Å². The smallest absolute Gasteiger partial charge is 0.161 e. The van der Waals surface area contributed by atoms with Crippen LogP contribution in [0.4, 0.5) is 0 Å². The molecule has 1 rings (SSSR count). The summed E-state index contributed by atoms with van der Waals surface area (Å²) < 4.78 is 5.38. The predicted molar refractivity (Wildman–Crippen MR) is 69.2 cm³/mol. The van der Waals surface area contributed by atoms with Crippen LogP contribution in [0, 0.1) is 0 Å². The molecule has 1 aromatic carbocycles. The zero-order valence-electron chi connectivity index (χ0n) is 10.1. The molecule has 0 bridgehead atoms. The van der Waals surface area contributed by atoms with E-state index in [1.54, 1.807) is 12.1 Å². The molecule has 0 aliphatic heterocycles. The van der Waals surface area contributed by atoms with Crippen LogP contribution >= 0.6 is 0 Å². The lowest BCUT2D eigenvalue weighted by Gasteiger charge is -2.15. The number of aromatic hydroxyl groups is 1. The van der Waals surface area contributed by atoms with Crippen molar-refractivity contribution in [3.05, 3.63) is 35.9 Å². The largest absolute Gasteiger partial charge is 0.504 e. The van der Waals surface area contributed by atoms with E-state index >= 15 is 0 Å². The molecule has 5 N–H and O–H groups in total. The Morgan fingerprint density at radius 2 is 2.24 bits per heavy atom. The van der Waals surface area contributed by atoms with Crippen LogP contribution < -0.4 is 16.2 Å². The van der Waals surface area contributed by atoms with E-state index < -0.39 is 0 Å². The maximum Gasteiger partial charge on any atom is 0.161 e. The lowest BCUT2D eigenvalue weighted by molar-refractivity contribution is 0.316. The maximum atomic E-state index is 9.99. The number of phenols is 1. The summed E-state index contributed by atoms with van der Waals surface area (Å²) in [4.78, 5) is 0.